The van der Waals surface area contributed by atoms with E-state index in [1.807, 2.05) is 28.6 Å². The Labute approximate surface area is 131 Å². The predicted molar refractivity (Wildman–Crippen MR) is 83.5 cm³/mol. The van der Waals surface area contributed by atoms with Crippen molar-refractivity contribution in [3.63, 3.8) is 0 Å². The molecular formula is C14H15ClN2OS2. The molecule has 1 saturated heterocycles. The van der Waals surface area contributed by atoms with Crippen LogP contribution in [0.1, 0.15) is 35.2 Å². The highest BCUT2D eigenvalue weighted by atomic mass is 35.5. The lowest BCUT2D eigenvalue weighted by Crippen LogP contribution is -2.39. The van der Waals surface area contributed by atoms with Gasteiger partial charge in [-0.25, -0.2) is 4.98 Å². The number of amides is 1. The molecule has 2 aromatic rings. The minimum absolute atomic E-state index is 0.159. The largest absolute Gasteiger partial charge is 0.333 e. The summed E-state index contributed by atoms with van der Waals surface area (Å²) in [5.74, 6) is 0.184. The second-order valence-electron chi connectivity index (χ2n) is 4.85. The van der Waals surface area contributed by atoms with E-state index in [9.17, 15) is 4.79 Å². The van der Waals surface area contributed by atoms with Gasteiger partial charge < -0.3 is 4.90 Å². The lowest BCUT2D eigenvalue weighted by Gasteiger charge is -2.34. The lowest BCUT2D eigenvalue weighted by atomic mass is 10.0. The summed E-state index contributed by atoms with van der Waals surface area (Å²) in [5, 5.41) is 3.04. The van der Waals surface area contributed by atoms with Crippen LogP contribution in [-0.4, -0.2) is 22.3 Å². The van der Waals surface area contributed by atoms with E-state index in [0.717, 1.165) is 33.6 Å². The quantitative estimate of drug-likeness (QED) is 0.848. The van der Waals surface area contributed by atoms with Crippen molar-refractivity contribution in [2.75, 3.05) is 6.54 Å². The molecule has 106 valence electrons. The van der Waals surface area contributed by atoms with Gasteiger partial charge in [0.15, 0.2) is 0 Å². The maximum atomic E-state index is 12.5. The van der Waals surface area contributed by atoms with E-state index in [0.29, 0.717) is 6.42 Å². The van der Waals surface area contributed by atoms with Crippen LogP contribution in [0.5, 0.6) is 0 Å². The Kier molecular flexibility index (Phi) is 4.38. The number of hydrogen-bond donors (Lipinski definition) is 0. The second kappa shape index (κ2) is 6.24. The van der Waals surface area contributed by atoms with Gasteiger partial charge >= 0.3 is 0 Å². The fraction of sp³-hybridized carbons (Fsp3) is 0.429. The van der Waals surface area contributed by atoms with Gasteiger partial charge in [0.2, 0.25) is 5.91 Å². The molecule has 1 aliphatic rings. The molecule has 0 bridgehead atoms. The first-order valence-corrected chi connectivity index (χ1v) is 8.74. The normalized spacial score (nSPS) is 19.2. The SMILES string of the molecule is O=C(Cc1ccc(Cl)s1)N1CCCCC1c1nccs1. The molecular weight excluding hydrogens is 312 g/mol. The van der Waals surface area contributed by atoms with Crippen LogP contribution in [0.4, 0.5) is 0 Å². The molecule has 0 aliphatic carbocycles. The van der Waals surface area contributed by atoms with E-state index in [2.05, 4.69) is 4.98 Å². The molecule has 1 amide bonds. The summed E-state index contributed by atoms with van der Waals surface area (Å²) in [6.07, 6.45) is 5.53. The molecule has 1 unspecified atom stereocenters. The average molecular weight is 327 g/mol. The first kappa shape index (κ1) is 14.0. The molecule has 0 N–H and O–H groups in total. The van der Waals surface area contributed by atoms with Gasteiger partial charge in [0.05, 0.1) is 16.8 Å². The number of carbonyl (C=O) groups is 1. The monoisotopic (exact) mass is 326 g/mol. The molecule has 3 heterocycles. The van der Waals surface area contributed by atoms with Gasteiger partial charge in [-0.05, 0) is 31.4 Å². The number of halogens is 1. The van der Waals surface area contributed by atoms with Crippen molar-refractivity contribution in [1.82, 2.24) is 9.88 Å². The first-order valence-electron chi connectivity index (χ1n) is 6.67. The predicted octanol–water partition coefficient (Wildman–Crippen LogP) is 4.15. The van der Waals surface area contributed by atoms with Crippen LogP contribution < -0.4 is 0 Å². The van der Waals surface area contributed by atoms with Crippen molar-refractivity contribution in [3.05, 3.63) is 37.9 Å². The minimum Gasteiger partial charge on any atom is -0.333 e. The summed E-state index contributed by atoms with van der Waals surface area (Å²) in [7, 11) is 0. The lowest BCUT2D eigenvalue weighted by molar-refractivity contribution is -0.134. The number of aromatic nitrogens is 1. The minimum atomic E-state index is 0.159. The fourth-order valence-corrected chi connectivity index (χ4v) is 4.45. The number of rotatable bonds is 3. The smallest absolute Gasteiger partial charge is 0.228 e. The van der Waals surface area contributed by atoms with E-state index in [1.54, 1.807) is 11.3 Å². The van der Waals surface area contributed by atoms with Crippen LogP contribution in [-0.2, 0) is 11.2 Å². The Morgan fingerprint density at radius 2 is 2.35 bits per heavy atom. The third-order valence-corrected chi connectivity index (χ3v) is 5.62. The van der Waals surface area contributed by atoms with Crippen molar-refractivity contribution in [2.24, 2.45) is 0 Å². The Morgan fingerprint density at radius 1 is 1.45 bits per heavy atom. The zero-order chi connectivity index (χ0) is 13.9. The zero-order valence-electron chi connectivity index (χ0n) is 10.9. The number of carbonyl (C=O) groups excluding carboxylic acids is 1. The van der Waals surface area contributed by atoms with Gasteiger partial charge in [-0.1, -0.05) is 11.6 Å². The second-order valence-corrected chi connectivity index (χ2v) is 7.58. The van der Waals surface area contributed by atoms with E-state index >= 15 is 0 Å². The van der Waals surface area contributed by atoms with Gasteiger partial charge in [0.1, 0.15) is 5.01 Å². The van der Waals surface area contributed by atoms with Crippen LogP contribution >= 0.6 is 34.3 Å². The van der Waals surface area contributed by atoms with E-state index < -0.39 is 0 Å². The van der Waals surface area contributed by atoms with Crippen LogP contribution in [0.2, 0.25) is 4.34 Å². The molecule has 3 nitrogen and oxygen atoms in total. The standard InChI is InChI=1S/C14H15ClN2OS2/c15-12-5-4-10(20-12)9-13(18)17-7-2-1-3-11(17)14-16-6-8-19-14/h4-6,8,11H,1-3,7,9H2. The molecule has 1 aliphatic heterocycles. The third kappa shape index (κ3) is 3.05. The van der Waals surface area contributed by atoms with Crippen molar-refractivity contribution in [3.8, 4) is 0 Å². The number of nitrogens with zero attached hydrogens (tertiary/aromatic N) is 2. The molecule has 6 heteroatoms. The first-order chi connectivity index (χ1) is 9.74. The highest BCUT2D eigenvalue weighted by molar-refractivity contribution is 7.16. The Bertz CT molecular complexity index is 582. The maximum absolute atomic E-state index is 12.5. The van der Waals surface area contributed by atoms with Gasteiger partial charge in [-0.15, -0.1) is 22.7 Å². The van der Waals surface area contributed by atoms with Crippen LogP contribution in [0.25, 0.3) is 0 Å². The molecule has 0 radical (unpaired) electrons. The number of thiophene rings is 1. The van der Waals surface area contributed by atoms with E-state index in [4.69, 9.17) is 11.6 Å². The van der Waals surface area contributed by atoms with Crippen molar-refractivity contribution in [1.29, 1.82) is 0 Å². The summed E-state index contributed by atoms with van der Waals surface area (Å²) in [6.45, 7) is 0.836. The average Bonchev–Trinajstić information content (AvgIpc) is 3.10. The Hall–Kier alpha value is -0.910. The van der Waals surface area contributed by atoms with Crippen LogP contribution in [0.15, 0.2) is 23.7 Å². The molecule has 20 heavy (non-hydrogen) atoms. The number of hydrogen-bond acceptors (Lipinski definition) is 4. The molecule has 0 aromatic carbocycles. The van der Waals surface area contributed by atoms with Gasteiger partial charge in [0.25, 0.3) is 0 Å². The summed E-state index contributed by atoms with van der Waals surface area (Å²) >= 11 is 9.05. The Balaban J connectivity index is 1.74. The van der Waals surface area contributed by atoms with Crippen molar-refractivity contribution >= 4 is 40.2 Å². The fourth-order valence-electron chi connectivity index (χ4n) is 2.58. The van der Waals surface area contributed by atoms with Crippen LogP contribution in [0.3, 0.4) is 0 Å². The number of thiazole rings is 1. The summed E-state index contributed by atoms with van der Waals surface area (Å²) < 4.78 is 0.739. The summed E-state index contributed by atoms with van der Waals surface area (Å²) in [4.78, 5) is 20.0. The van der Waals surface area contributed by atoms with Gasteiger partial charge in [-0.2, -0.15) is 0 Å². The van der Waals surface area contributed by atoms with Crippen molar-refractivity contribution < 1.29 is 4.79 Å². The summed E-state index contributed by atoms with van der Waals surface area (Å²) in [5.41, 5.74) is 0. The highest BCUT2D eigenvalue weighted by Crippen LogP contribution is 2.33. The molecule has 1 atom stereocenters. The zero-order valence-corrected chi connectivity index (χ0v) is 13.3. The van der Waals surface area contributed by atoms with Crippen LogP contribution in [0, 0.1) is 0 Å². The topological polar surface area (TPSA) is 33.2 Å². The third-order valence-electron chi connectivity index (χ3n) is 3.51. The number of likely N-dealkylation sites (tertiary alicyclic amines) is 1. The number of piperidine rings is 1. The van der Waals surface area contributed by atoms with Crippen molar-refractivity contribution in [2.45, 2.75) is 31.7 Å². The van der Waals surface area contributed by atoms with Gasteiger partial charge in [0, 0.05) is 23.0 Å². The molecule has 2 aromatic heterocycles. The molecule has 3 rings (SSSR count). The van der Waals surface area contributed by atoms with E-state index in [1.165, 1.54) is 17.8 Å². The highest BCUT2D eigenvalue weighted by Gasteiger charge is 2.29. The maximum Gasteiger partial charge on any atom is 0.228 e. The van der Waals surface area contributed by atoms with Gasteiger partial charge in [-0.3, -0.25) is 4.79 Å². The molecule has 1 fully saturated rings. The Morgan fingerprint density at radius 3 is 3.05 bits per heavy atom. The van der Waals surface area contributed by atoms with E-state index in [-0.39, 0.29) is 11.9 Å². The molecule has 0 spiro atoms. The summed E-state index contributed by atoms with van der Waals surface area (Å²) in [6, 6.07) is 3.95. The molecule has 0 saturated carbocycles.